The van der Waals surface area contributed by atoms with E-state index in [2.05, 4.69) is 5.32 Å². The van der Waals surface area contributed by atoms with Crippen molar-refractivity contribution in [3.63, 3.8) is 0 Å². The third kappa shape index (κ3) is 2.39. The van der Waals surface area contributed by atoms with Crippen LogP contribution in [0.3, 0.4) is 0 Å². The molecule has 0 saturated carbocycles. The molecule has 1 atom stereocenters. The number of nitrogens with zero attached hydrogens (tertiary/aromatic N) is 2. The minimum atomic E-state index is -3.42. The van der Waals surface area contributed by atoms with Crippen molar-refractivity contribution in [3.05, 3.63) is 12.1 Å². The first-order chi connectivity index (χ1) is 7.91. The molecule has 1 aromatic heterocycles. The van der Waals surface area contributed by atoms with E-state index in [1.165, 1.54) is 17.0 Å². The molecule has 1 aliphatic rings. The number of carbonyl (C=O) groups excluding carboxylic acids is 1. The molecule has 1 fully saturated rings. The first-order valence-corrected chi connectivity index (χ1v) is 6.58. The van der Waals surface area contributed by atoms with Gasteiger partial charge in [-0.3, -0.25) is 5.32 Å². The van der Waals surface area contributed by atoms with Crippen LogP contribution in [0.4, 0.5) is 10.7 Å². The average Bonchev–Trinajstić information content (AvgIpc) is 2.88. The lowest BCUT2D eigenvalue weighted by atomic mass is 10.5. The van der Waals surface area contributed by atoms with Crippen LogP contribution in [0.1, 0.15) is 0 Å². The Morgan fingerprint density at radius 1 is 1.65 bits per heavy atom. The molecule has 0 radical (unpaired) electrons. The van der Waals surface area contributed by atoms with Gasteiger partial charge < -0.3 is 9.32 Å². The summed E-state index contributed by atoms with van der Waals surface area (Å²) in [6.45, 7) is 0.377. The predicted molar refractivity (Wildman–Crippen MR) is 56.9 cm³/mol. The summed E-state index contributed by atoms with van der Waals surface area (Å²) in [4.78, 5) is 12.8. The fourth-order valence-corrected chi connectivity index (χ4v) is 1.79. The van der Waals surface area contributed by atoms with Crippen LogP contribution < -0.4 is 5.32 Å². The molecule has 8 heteroatoms. The summed E-state index contributed by atoms with van der Waals surface area (Å²) in [6.07, 6.45) is 1.01. The van der Waals surface area contributed by atoms with Crippen LogP contribution in [0.2, 0.25) is 0 Å². The molecule has 2 amide bonds. The molecular formula is C9H9N3O4S. The van der Waals surface area contributed by atoms with Crippen LogP contribution >= 0.6 is 0 Å². The molecule has 0 aromatic carbocycles. The van der Waals surface area contributed by atoms with Gasteiger partial charge in [0.1, 0.15) is 6.04 Å². The molecular weight excluding hydrogens is 246 g/mol. The normalized spacial score (nSPS) is 18.6. The Hall–Kier alpha value is -2.01. The summed E-state index contributed by atoms with van der Waals surface area (Å²) in [5.41, 5.74) is 0. The van der Waals surface area contributed by atoms with Gasteiger partial charge in [-0.15, -0.1) is 0 Å². The SMILES string of the molecule is CS(=O)(=O)c1ccc(NC(=O)N2CC2C#N)o1. The van der Waals surface area contributed by atoms with Gasteiger partial charge in [0.05, 0.1) is 12.6 Å². The number of hydrogen-bond acceptors (Lipinski definition) is 5. The Morgan fingerprint density at radius 2 is 2.35 bits per heavy atom. The smallest absolute Gasteiger partial charge is 0.325 e. The molecule has 1 aliphatic heterocycles. The molecule has 1 N–H and O–H groups in total. The lowest BCUT2D eigenvalue weighted by Gasteiger charge is -2.01. The number of amides is 2. The molecule has 1 aromatic rings. The second kappa shape index (κ2) is 3.78. The van der Waals surface area contributed by atoms with Crippen LogP contribution in [0.25, 0.3) is 0 Å². The summed E-state index contributed by atoms with van der Waals surface area (Å²) < 4.78 is 27.2. The highest BCUT2D eigenvalue weighted by Gasteiger charge is 2.38. The average molecular weight is 255 g/mol. The van der Waals surface area contributed by atoms with Crippen LogP contribution in [0.5, 0.6) is 0 Å². The van der Waals surface area contributed by atoms with E-state index in [9.17, 15) is 13.2 Å². The fraction of sp³-hybridized carbons (Fsp3) is 0.333. The second-order valence-corrected chi connectivity index (χ2v) is 5.56. The number of furan rings is 1. The highest BCUT2D eigenvalue weighted by Crippen LogP contribution is 2.21. The van der Waals surface area contributed by atoms with E-state index in [1.807, 2.05) is 6.07 Å². The second-order valence-electron chi connectivity index (χ2n) is 3.62. The Morgan fingerprint density at radius 3 is 2.82 bits per heavy atom. The van der Waals surface area contributed by atoms with Gasteiger partial charge in [0, 0.05) is 12.3 Å². The quantitative estimate of drug-likeness (QED) is 0.771. The van der Waals surface area contributed by atoms with Gasteiger partial charge in [-0.25, -0.2) is 13.2 Å². The van der Waals surface area contributed by atoms with Gasteiger partial charge in [-0.2, -0.15) is 5.26 Å². The van der Waals surface area contributed by atoms with Gasteiger partial charge in [0.25, 0.3) is 0 Å². The molecule has 1 unspecified atom stereocenters. The molecule has 2 rings (SSSR count). The third-order valence-corrected chi connectivity index (χ3v) is 3.15. The first kappa shape index (κ1) is 11.5. The Kier molecular flexibility index (Phi) is 2.55. The third-order valence-electron chi connectivity index (χ3n) is 2.20. The maximum Gasteiger partial charge on any atom is 0.325 e. The molecule has 1 saturated heterocycles. The van der Waals surface area contributed by atoms with E-state index in [4.69, 9.17) is 9.68 Å². The van der Waals surface area contributed by atoms with Gasteiger partial charge >= 0.3 is 6.03 Å². The Labute approximate surface area is 97.5 Å². The number of rotatable bonds is 2. The van der Waals surface area contributed by atoms with E-state index in [0.29, 0.717) is 6.54 Å². The highest BCUT2D eigenvalue weighted by atomic mass is 32.2. The zero-order valence-electron chi connectivity index (χ0n) is 8.87. The maximum absolute atomic E-state index is 11.5. The van der Waals surface area contributed by atoms with Gasteiger partial charge in [-0.1, -0.05) is 0 Å². The van der Waals surface area contributed by atoms with E-state index < -0.39 is 21.9 Å². The van der Waals surface area contributed by atoms with Crippen molar-refractivity contribution >= 4 is 21.8 Å². The number of nitrogens with one attached hydrogen (secondary N) is 1. The number of nitriles is 1. The van der Waals surface area contributed by atoms with Crippen LogP contribution in [0, 0.1) is 11.3 Å². The Balaban J connectivity index is 2.04. The molecule has 0 spiro atoms. The van der Waals surface area contributed by atoms with E-state index >= 15 is 0 Å². The largest absolute Gasteiger partial charge is 0.429 e. The van der Waals surface area contributed by atoms with Crippen molar-refractivity contribution in [1.82, 2.24) is 4.90 Å². The molecule has 17 heavy (non-hydrogen) atoms. The minimum Gasteiger partial charge on any atom is -0.429 e. The van der Waals surface area contributed by atoms with Crippen LogP contribution in [0.15, 0.2) is 21.6 Å². The van der Waals surface area contributed by atoms with Crippen molar-refractivity contribution in [3.8, 4) is 6.07 Å². The van der Waals surface area contributed by atoms with Crippen molar-refractivity contribution < 1.29 is 17.6 Å². The maximum atomic E-state index is 11.5. The van der Waals surface area contributed by atoms with Crippen molar-refractivity contribution in [2.45, 2.75) is 11.1 Å². The van der Waals surface area contributed by atoms with E-state index in [0.717, 1.165) is 6.26 Å². The van der Waals surface area contributed by atoms with Gasteiger partial charge in [0.2, 0.25) is 20.8 Å². The lowest BCUT2D eigenvalue weighted by Crippen LogP contribution is -2.20. The summed E-state index contributed by atoms with van der Waals surface area (Å²) in [5.74, 6) is 0.0408. The monoisotopic (exact) mass is 255 g/mol. The summed E-state index contributed by atoms with van der Waals surface area (Å²) >= 11 is 0. The number of urea groups is 1. The summed E-state index contributed by atoms with van der Waals surface area (Å²) in [5, 5.41) is 10.7. The Bertz CT molecular complexity index is 598. The number of carbonyl (C=O) groups is 1. The fourth-order valence-electron chi connectivity index (χ4n) is 1.24. The molecule has 90 valence electrons. The molecule has 0 aliphatic carbocycles. The first-order valence-electron chi connectivity index (χ1n) is 4.69. The molecule has 0 bridgehead atoms. The highest BCUT2D eigenvalue weighted by molar-refractivity contribution is 7.90. The summed E-state index contributed by atoms with van der Waals surface area (Å²) in [6, 6.07) is 3.65. The molecule has 7 nitrogen and oxygen atoms in total. The van der Waals surface area contributed by atoms with Crippen molar-refractivity contribution in [1.29, 1.82) is 5.26 Å². The number of hydrogen-bond donors (Lipinski definition) is 1. The zero-order chi connectivity index (χ0) is 12.6. The van der Waals surface area contributed by atoms with E-state index in [-0.39, 0.29) is 11.0 Å². The van der Waals surface area contributed by atoms with E-state index in [1.54, 1.807) is 0 Å². The zero-order valence-corrected chi connectivity index (χ0v) is 9.69. The predicted octanol–water partition coefficient (Wildman–Crippen LogP) is 0.423. The summed E-state index contributed by atoms with van der Waals surface area (Å²) in [7, 11) is -3.42. The lowest BCUT2D eigenvalue weighted by molar-refractivity contribution is 0.240. The van der Waals surface area contributed by atoms with Crippen molar-refractivity contribution in [2.24, 2.45) is 0 Å². The molecule has 2 heterocycles. The number of sulfone groups is 1. The number of anilines is 1. The topological polar surface area (TPSA) is 103 Å². The standard InChI is InChI=1S/C9H9N3O4S/c1-17(14,15)8-3-2-7(16-8)11-9(13)12-5-6(12)4-10/h2-3,6H,5H2,1H3,(H,11,13). The van der Waals surface area contributed by atoms with Gasteiger partial charge in [0.15, 0.2) is 0 Å². The van der Waals surface area contributed by atoms with Crippen LogP contribution in [-0.4, -0.2) is 38.2 Å². The minimum absolute atomic E-state index is 0.0408. The van der Waals surface area contributed by atoms with Crippen molar-refractivity contribution in [2.75, 3.05) is 18.1 Å². The van der Waals surface area contributed by atoms with Crippen LogP contribution in [-0.2, 0) is 9.84 Å². The van der Waals surface area contributed by atoms with Gasteiger partial charge in [-0.05, 0) is 6.07 Å².